The van der Waals surface area contributed by atoms with E-state index in [1.807, 2.05) is 0 Å². The molecule has 0 spiro atoms. The summed E-state index contributed by atoms with van der Waals surface area (Å²) in [5.74, 6) is 0. The van der Waals surface area contributed by atoms with Crippen molar-refractivity contribution < 1.29 is 9.47 Å². The first-order valence-electron chi connectivity index (χ1n) is 7.13. The van der Waals surface area contributed by atoms with Crippen molar-refractivity contribution in [3.8, 4) is 0 Å². The summed E-state index contributed by atoms with van der Waals surface area (Å²) in [6.07, 6.45) is 4.96. The summed E-state index contributed by atoms with van der Waals surface area (Å²) in [6, 6.07) is 0.527. The highest BCUT2D eigenvalue weighted by molar-refractivity contribution is 4.63. The predicted octanol–water partition coefficient (Wildman–Crippen LogP) is 2.99. The second-order valence-corrected chi connectivity index (χ2v) is 4.81. The molecule has 1 N–H and O–H groups in total. The molecular weight excluding hydrogens is 214 g/mol. The molecule has 1 atom stereocenters. The van der Waals surface area contributed by atoms with Gasteiger partial charge < -0.3 is 14.8 Å². The number of hydrogen-bond donors (Lipinski definition) is 1. The van der Waals surface area contributed by atoms with Crippen molar-refractivity contribution in [2.75, 3.05) is 26.4 Å². The Balaban J connectivity index is 3.48. The van der Waals surface area contributed by atoms with Gasteiger partial charge in [0.1, 0.15) is 0 Å². The average Bonchev–Trinajstić information content (AvgIpc) is 2.30. The Kier molecular flexibility index (Phi) is 12.3. The van der Waals surface area contributed by atoms with E-state index in [2.05, 4.69) is 33.0 Å². The molecule has 0 aliphatic heterocycles. The minimum absolute atomic E-state index is 0.331. The molecule has 0 fully saturated rings. The third kappa shape index (κ3) is 12.1. The van der Waals surface area contributed by atoms with Gasteiger partial charge in [-0.15, -0.1) is 0 Å². The van der Waals surface area contributed by atoms with Gasteiger partial charge in [0.15, 0.2) is 0 Å². The fourth-order valence-electron chi connectivity index (χ4n) is 1.56. The summed E-state index contributed by atoms with van der Waals surface area (Å²) in [7, 11) is 0. The number of hydrogen-bond acceptors (Lipinski definition) is 3. The summed E-state index contributed by atoms with van der Waals surface area (Å²) in [5, 5.41) is 3.43. The first kappa shape index (κ1) is 16.9. The topological polar surface area (TPSA) is 30.5 Å². The second kappa shape index (κ2) is 12.3. The molecule has 0 saturated heterocycles. The standard InChI is InChI=1S/C14H31NO2/c1-5-7-9-16-10-11-17-14(8-6-2)12-15-13(3)4/h13-15H,5-12H2,1-4H3. The maximum Gasteiger partial charge on any atom is 0.0704 e. The van der Waals surface area contributed by atoms with Crippen LogP contribution >= 0.6 is 0 Å². The molecule has 104 valence electrons. The number of rotatable bonds is 12. The molecule has 0 aromatic heterocycles. The van der Waals surface area contributed by atoms with Crippen molar-refractivity contribution >= 4 is 0 Å². The van der Waals surface area contributed by atoms with Crippen LogP contribution in [0.4, 0.5) is 0 Å². The lowest BCUT2D eigenvalue weighted by atomic mass is 10.2. The molecule has 3 heteroatoms. The lowest BCUT2D eigenvalue weighted by molar-refractivity contribution is 0.000493. The molecule has 0 aliphatic rings. The van der Waals surface area contributed by atoms with Gasteiger partial charge in [-0.2, -0.15) is 0 Å². The predicted molar refractivity (Wildman–Crippen MR) is 73.5 cm³/mol. The molecule has 0 bridgehead atoms. The molecule has 0 heterocycles. The third-order valence-corrected chi connectivity index (χ3v) is 2.59. The van der Waals surface area contributed by atoms with Crippen LogP contribution in [0.1, 0.15) is 53.4 Å². The normalized spacial score (nSPS) is 13.2. The Morgan fingerprint density at radius 1 is 1.00 bits per heavy atom. The van der Waals surface area contributed by atoms with Crippen molar-refractivity contribution in [2.24, 2.45) is 0 Å². The number of ether oxygens (including phenoxy) is 2. The van der Waals surface area contributed by atoms with Crippen LogP contribution < -0.4 is 5.32 Å². The van der Waals surface area contributed by atoms with Gasteiger partial charge in [-0.3, -0.25) is 0 Å². The van der Waals surface area contributed by atoms with Crippen molar-refractivity contribution in [1.29, 1.82) is 0 Å². The summed E-state index contributed by atoms with van der Waals surface area (Å²) < 4.78 is 11.3. The van der Waals surface area contributed by atoms with Crippen LogP contribution in [0.2, 0.25) is 0 Å². The van der Waals surface area contributed by atoms with Crippen LogP contribution in [0.3, 0.4) is 0 Å². The molecule has 1 unspecified atom stereocenters. The zero-order chi connectivity index (χ0) is 12.9. The molecule has 3 nitrogen and oxygen atoms in total. The summed E-state index contributed by atoms with van der Waals surface area (Å²) in [6.45, 7) is 11.9. The number of unbranched alkanes of at least 4 members (excludes halogenated alkanes) is 1. The first-order valence-corrected chi connectivity index (χ1v) is 7.13. The Morgan fingerprint density at radius 3 is 2.35 bits per heavy atom. The molecule has 17 heavy (non-hydrogen) atoms. The van der Waals surface area contributed by atoms with Gasteiger partial charge in [0, 0.05) is 19.2 Å². The highest BCUT2D eigenvalue weighted by atomic mass is 16.5. The van der Waals surface area contributed by atoms with Crippen LogP contribution in [0.5, 0.6) is 0 Å². The van der Waals surface area contributed by atoms with Crippen molar-refractivity contribution in [3.05, 3.63) is 0 Å². The molecule has 0 saturated carbocycles. The maximum absolute atomic E-state index is 5.83. The van der Waals surface area contributed by atoms with Gasteiger partial charge in [0.2, 0.25) is 0 Å². The van der Waals surface area contributed by atoms with Crippen LogP contribution in [0, 0.1) is 0 Å². The maximum atomic E-state index is 5.83. The quantitative estimate of drug-likeness (QED) is 0.536. The van der Waals surface area contributed by atoms with E-state index in [9.17, 15) is 0 Å². The Bertz CT molecular complexity index is 151. The van der Waals surface area contributed by atoms with E-state index in [-0.39, 0.29) is 0 Å². The van der Waals surface area contributed by atoms with E-state index >= 15 is 0 Å². The average molecular weight is 245 g/mol. The van der Waals surface area contributed by atoms with Gasteiger partial charge in [0.05, 0.1) is 19.3 Å². The van der Waals surface area contributed by atoms with Gasteiger partial charge in [0.25, 0.3) is 0 Å². The van der Waals surface area contributed by atoms with Crippen molar-refractivity contribution in [2.45, 2.75) is 65.5 Å². The van der Waals surface area contributed by atoms with Gasteiger partial charge in [-0.05, 0) is 12.8 Å². The Morgan fingerprint density at radius 2 is 1.76 bits per heavy atom. The molecule has 0 amide bonds. The van der Waals surface area contributed by atoms with Crippen molar-refractivity contribution in [1.82, 2.24) is 5.32 Å². The van der Waals surface area contributed by atoms with E-state index in [0.29, 0.717) is 18.8 Å². The molecular formula is C14H31NO2. The minimum Gasteiger partial charge on any atom is -0.379 e. The van der Waals surface area contributed by atoms with Crippen molar-refractivity contribution in [3.63, 3.8) is 0 Å². The van der Waals surface area contributed by atoms with Gasteiger partial charge in [-0.25, -0.2) is 0 Å². The lowest BCUT2D eigenvalue weighted by Crippen LogP contribution is -2.34. The molecule has 0 aliphatic carbocycles. The highest BCUT2D eigenvalue weighted by Gasteiger charge is 2.08. The van der Waals surface area contributed by atoms with E-state index in [0.717, 1.165) is 32.6 Å². The Labute approximate surface area is 107 Å². The van der Waals surface area contributed by atoms with E-state index < -0.39 is 0 Å². The molecule has 0 radical (unpaired) electrons. The zero-order valence-electron chi connectivity index (χ0n) is 12.1. The van der Waals surface area contributed by atoms with Gasteiger partial charge in [-0.1, -0.05) is 40.5 Å². The molecule has 0 aromatic rings. The SMILES string of the molecule is CCCCOCCOC(CCC)CNC(C)C. The largest absolute Gasteiger partial charge is 0.379 e. The lowest BCUT2D eigenvalue weighted by Gasteiger charge is -2.19. The van der Waals surface area contributed by atoms with E-state index in [1.165, 1.54) is 12.8 Å². The molecule has 0 aromatic carbocycles. The van der Waals surface area contributed by atoms with Crippen LogP contribution in [-0.4, -0.2) is 38.5 Å². The first-order chi connectivity index (χ1) is 8.20. The number of nitrogens with one attached hydrogen (secondary N) is 1. The third-order valence-electron chi connectivity index (χ3n) is 2.59. The van der Waals surface area contributed by atoms with E-state index in [1.54, 1.807) is 0 Å². The summed E-state index contributed by atoms with van der Waals surface area (Å²) in [4.78, 5) is 0. The summed E-state index contributed by atoms with van der Waals surface area (Å²) in [5.41, 5.74) is 0. The van der Waals surface area contributed by atoms with Crippen LogP contribution in [0.25, 0.3) is 0 Å². The Hall–Kier alpha value is -0.120. The fourth-order valence-corrected chi connectivity index (χ4v) is 1.56. The zero-order valence-corrected chi connectivity index (χ0v) is 12.1. The fraction of sp³-hybridized carbons (Fsp3) is 1.00. The smallest absolute Gasteiger partial charge is 0.0704 e. The second-order valence-electron chi connectivity index (χ2n) is 4.81. The summed E-state index contributed by atoms with van der Waals surface area (Å²) >= 11 is 0. The van der Waals surface area contributed by atoms with Crippen LogP contribution in [-0.2, 0) is 9.47 Å². The minimum atomic E-state index is 0.331. The van der Waals surface area contributed by atoms with Crippen LogP contribution in [0.15, 0.2) is 0 Å². The monoisotopic (exact) mass is 245 g/mol. The van der Waals surface area contributed by atoms with Gasteiger partial charge >= 0.3 is 0 Å². The molecule has 0 rings (SSSR count). The van der Waals surface area contributed by atoms with E-state index in [4.69, 9.17) is 9.47 Å². The highest BCUT2D eigenvalue weighted by Crippen LogP contribution is 2.01.